The molecule has 134 valence electrons. The molecule has 0 spiro atoms. The molecule has 2 aliphatic heterocycles. The number of furan rings is 1. The quantitative estimate of drug-likeness (QED) is 0.834. The summed E-state index contributed by atoms with van der Waals surface area (Å²) in [4.78, 5) is 16.7. The summed E-state index contributed by atoms with van der Waals surface area (Å²) in [5.41, 5.74) is 0.929. The van der Waals surface area contributed by atoms with Crippen LogP contribution in [0.15, 0.2) is 33.4 Å². The SMILES string of the molecule is O=C(CC1CCN(Cc2cc(-c3ccco3)on2)CC1)N1CCCC1. The Bertz CT molecular complexity index is 681. The van der Waals surface area contributed by atoms with Gasteiger partial charge in [0.2, 0.25) is 11.7 Å². The van der Waals surface area contributed by atoms with Crippen LogP contribution in [0.2, 0.25) is 0 Å². The zero-order valence-electron chi connectivity index (χ0n) is 14.5. The Morgan fingerprint density at radius 2 is 1.96 bits per heavy atom. The standard InChI is InChI=1S/C19H25N3O3/c23-19(22-7-1-2-8-22)12-15-5-9-21(10-6-15)14-16-13-18(25-20-16)17-4-3-11-24-17/h3-4,11,13,15H,1-2,5-10,12,14H2. The summed E-state index contributed by atoms with van der Waals surface area (Å²) in [5, 5.41) is 4.15. The van der Waals surface area contributed by atoms with Crippen LogP contribution in [0.25, 0.3) is 11.5 Å². The second-order valence-corrected chi connectivity index (χ2v) is 7.17. The first-order chi connectivity index (χ1) is 12.3. The van der Waals surface area contributed by atoms with Gasteiger partial charge >= 0.3 is 0 Å². The maximum Gasteiger partial charge on any atom is 0.222 e. The Morgan fingerprint density at radius 1 is 1.16 bits per heavy atom. The minimum Gasteiger partial charge on any atom is -0.461 e. The summed E-state index contributed by atoms with van der Waals surface area (Å²) in [6.07, 6.45) is 6.86. The lowest BCUT2D eigenvalue weighted by Crippen LogP contribution is -2.36. The van der Waals surface area contributed by atoms with Crippen LogP contribution in [0.3, 0.4) is 0 Å². The van der Waals surface area contributed by atoms with Crippen molar-refractivity contribution in [3.05, 3.63) is 30.2 Å². The summed E-state index contributed by atoms with van der Waals surface area (Å²) in [6.45, 7) is 4.74. The molecule has 6 nitrogen and oxygen atoms in total. The first-order valence-electron chi connectivity index (χ1n) is 9.27. The number of carbonyl (C=O) groups excluding carboxylic acids is 1. The molecule has 1 amide bonds. The monoisotopic (exact) mass is 343 g/mol. The number of hydrogen-bond acceptors (Lipinski definition) is 5. The number of carbonyl (C=O) groups is 1. The highest BCUT2D eigenvalue weighted by Crippen LogP contribution is 2.25. The topological polar surface area (TPSA) is 62.7 Å². The summed E-state index contributed by atoms with van der Waals surface area (Å²) >= 11 is 0. The van der Waals surface area contributed by atoms with Crippen LogP contribution < -0.4 is 0 Å². The fourth-order valence-electron chi connectivity index (χ4n) is 3.84. The van der Waals surface area contributed by atoms with Gasteiger partial charge in [-0.1, -0.05) is 5.16 Å². The van der Waals surface area contributed by atoms with Crippen molar-refractivity contribution in [3.63, 3.8) is 0 Å². The number of aromatic nitrogens is 1. The number of likely N-dealkylation sites (tertiary alicyclic amines) is 2. The van der Waals surface area contributed by atoms with Gasteiger partial charge < -0.3 is 13.8 Å². The zero-order chi connectivity index (χ0) is 17.1. The third kappa shape index (κ3) is 3.95. The van der Waals surface area contributed by atoms with Gasteiger partial charge in [-0.3, -0.25) is 9.69 Å². The lowest BCUT2D eigenvalue weighted by molar-refractivity contribution is -0.131. The number of amides is 1. The molecule has 25 heavy (non-hydrogen) atoms. The van der Waals surface area contributed by atoms with Crippen molar-refractivity contribution >= 4 is 5.91 Å². The normalized spacial score (nSPS) is 19.6. The molecule has 0 aliphatic carbocycles. The van der Waals surface area contributed by atoms with Gasteiger partial charge in [-0.05, 0) is 56.8 Å². The fraction of sp³-hybridized carbons (Fsp3) is 0.579. The molecule has 2 aromatic rings. The molecule has 0 unspecified atom stereocenters. The van der Waals surface area contributed by atoms with Gasteiger partial charge in [-0.15, -0.1) is 0 Å². The third-order valence-electron chi connectivity index (χ3n) is 5.34. The van der Waals surface area contributed by atoms with Crippen molar-refractivity contribution in [1.29, 1.82) is 0 Å². The molecule has 0 saturated carbocycles. The van der Waals surface area contributed by atoms with Crippen LogP contribution in [-0.4, -0.2) is 47.0 Å². The lowest BCUT2D eigenvalue weighted by Gasteiger charge is -2.31. The van der Waals surface area contributed by atoms with Gasteiger partial charge in [0.05, 0.1) is 12.0 Å². The molecule has 0 aromatic carbocycles. The summed E-state index contributed by atoms with van der Waals surface area (Å²) < 4.78 is 10.7. The molecule has 6 heteroatoms. The first-order valence-corrected chi connectivity index (χ1v) is 9.27. The predicted molar refractivity (Wildman–Crippen MR) is 92.6 cm³/mol. The van der Waals surface area contributed by atoms with Gasteiger partial charge in [-0.2, -0.15) is 0 Å². The van der Waals surface area contributed by atoms with Crippen molar-refractivity contribution < 1.29 is 13.7 Å². The lowest BCUT2D eigenvalue weighted by atomic mass is 9.93. The minimum atomic E-state index is 0.357. The maximum absolute atomic E-state index is 12.3. The summed E-state index contributed by atoms with van der Waals surface area (Å²) in [5.74, 6) is 2.26. The van der Waals surface area contributed by atoms with Crippen LogP contribution in [0, 0.1) is 5.92 Å². The van der Waals surface area contributed by atoms with E-state index in [9.17, 15) is 4.79 Å². The molecular formula is C19H25N3O3. The molecule has 2 aromatic heterocycles. The van der Waals surface area contributed by atoms with E-state index in [1.807, 2.05) is 23.1 Å². The minimum absolute atomic E-state index is 0.357. The largest absolute Gasteiger partial charge is 0.461 e. The van der Waals surface area contributed by atoms with Crippen molar-refractivity contribution in [2.75, 3.05) is 26.2 Å². The Labute approximate surface area is 147 Å². The number of nitrogens with zero attached hydrogens (tertiary/aromatic N) is 3. The maximum atomic E-state index is 12.3. The van der Waals surface area contributed by atoms with Gasteiger partial charge in [0.1, 0.15) is 0 Å². The van der Waals surface area contributed by atoms with E-state index in [1.165, 1.54) is 12.8 Å². The number of hydrogen-bond donors (Lipinski definition) is 0. The third-order valence-corrected chi connectivity index (χ3v) is 5.34. The molecule has 0 N–H and O–H groups in total. The first kappa shape index (κ1) is 16.4. The van der Waals surface area contributed by atoms with Crippen LogP contribution in [-0.2, 0) is 11.3 Å². The molecule has 2 aliphatic rings. The molecule has 4 rings (SSSR count). The van der Waals surface area contributed by atoms with E-state index in [0.29, 0.717) is 23.3 Å². The van der Waals surface area contributed by atoms with E-state index in [1.54, 1.807) is 6.26 Å². The van der Waals surface area contributed by atoms with Gasteiger partial charge in [0, 0.05) is 32.1 Å². The second kappa shape index (κ2) is 7.44. The average molecular weight is 343 g/mol. The van der Waals surface area contributed by atoms with E-state index >= 15 is 0 Å². The predicted octanol–water partition coefficient (Wildman–Crippen LogP) is 3.16. The van der Waals surface area contributed by atoms with Crippen LogP contribution >= 0.6 is 0 Å². The summed E-state index contributed by atoms with van der Waals surface area (Å²) in [6, 6.07) is 5.65. The van der Waals surface area contributed by atoms with Crippen LogP contribution in [0.5, 0.6) is 0 Å². The van der Waals surface area contributed by atoms with Crippen LogP contribution in [0.4, 0.5) is 0 Å². The van der Waals surface area contributed by atoms with Crippen molar-refractivity contribution in [2.45, 2.75) is 38.6 Å². The van der Waals surface area contributed by atoms with Crippen molar-refractivity contribution in [3.8, 4) is 11.5 Å². The second-order valence-electron chi connectivity index (χ2n) is 7.17. The molecule has 0 bridgehead atoms. The molecule has 0 atom stereocenters. The smallest absolute Gasteiger partial charge is 0.222 e. The van der Waals surface area contributed by atoms with Crippen LogP contribution in [0.1, 0.15) is 37.8 Å². The van der Waals surface area contributed by atoms with Gasteiger partial charge in [0.15, 0.2) is 5.76 Å². The average Bonchev–Trinajstić information content (AvgIpc) is 3.38. The van der Waals surface area contributed by atoms with Crippen molar-refractivity contribution in [2.24, 2.45) is 5.92 Å². The molecule has 2 fully saturated rings. The molecular weight excluding hydrogens is 318 g/mol. The van der Waals surface area contributed by atoms with E-state index in [4.69, 9.17) is 8.94 Å². The van der Waals surface area contributed by atoms with E-state index in [0.717, 1.165) is 57.7 Å². The van der Waals surface area contributed by atoms with E-state index < -0.39 is 0 Å². The van der Waals surface area contributed by atoms with E-state index in [2.05, 4.69) is 10.1 Å². The Kier molecular flexibility index (Phi) is 4.88. The van der Waals surface area contributed by atoms with Crippen molar-refractivity contribution in [1.82, 2.24) is 15.0 Å². The molecule has 4 heterocycles. The van der Waals surface area contributed by atoms with E-state index in [-0.39, 0.29) is 0 Å². The van der Waals surface area contributed by atoms with Gasteiger partial charge in [0.25, 0.3) is 0 Å². The zero-order valence-corrected chi connectivity index (χ0v) is 14.5. The molecule has 0 radical (unpaired) electrons. The Balaban J connectivity index is 1.24. The highest BCUT2D eigenvalue weighted by molar-refractivity contribution is 5.76. The number of rotatable bonds is 5. The van der Waals surface area contributed by atoms with Gasteiger partial charge in [-0.25, -0.2) is 0 Å². The Hall–Kier alpha value is -2.08. The summed E-state index contributed by atoms with van der Waals surface area (Å²) in [7, 11) is 0. The number of piperidine rings is 1. The Morgan fingerprint density at radius 3 is 2.68 bits per heavy atom. The molecule has 2 saturated heterocycles. The highest BCUT2D eigenvalue weighted by Gasteiger charge is 2.25. The highest BCUT2D eigenvalue weighted by atomic mass is 16.5. The fourth-order valence-corrected chi connectivity index (χ4v) is 3.84.